The molecule has 0 radical (unpaired) electrons. The molecule has 0 unspecified atom stereocenters. The van der Waals surface area contributed by atoms with Crippen LogP contribution >= 0.6 is 15.9 Å². The Hall–Kier alpha value is -3.51. The Morgan fingerprint density at radius 1 is 1.00 bits per heavy atom. The zero-order valence-corrected chi connectivity index (χ0v) is 18.4. The standard InChI is InChI=1S/C25H19BrN2O3/c1-17-23(25(30)28(27-17)24(29)20-5-3-2-4-6-20)15-18-9-13-22(14-10-18)31-16-19-7-11-21(26)12-8-19/h2-15H,16H2,1H3/b23-15+. The van der Waals surface area contributed by atoms with Crippen LogP contribution in [-0.4, -0.2) is 22.5 Å². The van der Waals surface area contributed by atoms with Gasteiger partial charge in [0.1, 0.15) is 12.4 Å². The van der Waals surface area contributed by atoms with Gasteiger partial charge in [0.25, 0.3) is 11.8 Å². The summed E-state index contributed by atoms with van der Waals surface area (Å²) in [6.07, 6.45) is 1.73. The first-order chi connectivity index (χ1) is 15.0. The van der Waals surface area contributed by atoms with Crippen molar-refractivity contribution in [3.8, 4) is 5.75 Å². The predicted molar refractivity (Wildman–Crippen MR) is 124 cm³/mol. The molecule has 154 valence electrons. The molecule has 5 nitrogen and oxygen atoms in total. The Bertz CT molecular complexity index is 1170. The molecule has 0 fully saturated rings. The lowest BCUT2D eigenvalue weighted by atomic mass is 10.1. The summed E-state index contributed by atoms with van der Waals surface area (Å²) in [7, 11) is 0. The third-order valence-corrected chi connectivity index (χ3v) is 5.31. The lowest BCUT2D eigenvalue weighted by molar-refractivity contribution is -0.123. The fourth-order valence-corrected chi connectivity index (χ4v) is 3.36. The molecule has 1 aliphatic heterocycles. The van der Waals surface area contributed by atoms with Gasteiger partial charge in [0, 0.05) is 10.0 Å². The van der Waals surface area contributed by atoms with E-state index in [1.165, 1.54) is 0 Å². The zero-order chi connectivity index (χ0) is 21.8. The molecule has 0 saturated heterocycles. The highest BCUT2D eigenvalue weighted by molar-refractivity contribution is 9.10. The van der Waals surface area contributed by atoms with Gasteiger partial charge >= 0.3 is 0 Å². The lowest BCUT2D eigenvalue weighted by Crippen LogP contribution is -2.29. The number of nitrogens with zero attached hydrogens (tertiary/aromatic N) is 2. The minimum atomic E-state index is -0.440. The number of carbonyl (C=O) groups is 2. The summed E-state index contributed by atoms with van der Waals surface area (Å²) in [5.41, 5.74) is 3.21. The molecule has 0 atom stereocenters. The fourth-order valence-electron chi connectivity index (χ4n) is 3.10. The highest BCUT2D eigenvalue weighted by Gasteiger charge is 2.32. The van der Waals surface area contributed by atoms with Gasteiger partial charge in [-0.2, -0.15) is 10.1 Å². The molecule has 0 N–H and O–H groups in total. The number of hydrogen-bond acceptors (Lipinski definition) is 4. The molecule has 2 amide bonds. The molecule has 31 heavy (non-hydrogen) atoms. The number of hydrazone groups is 1. The molecule has 0 aromatic heterocycles. The molecule has 3 aromatic carbocycles. The minimum absolute atomic E-state index is 0.396. The van der Waals surface area contributed by atoms with E-state index in [2.05, 4.69) is 21.0 Å². The fraction of sp³-hybridized carbons (Fsp3) is 0.0800. The van der Waals surface area contributed by atoms with Gasteiger partial charge in [-0.1, -0.05) is 58.4 Å². The van der Waals surface area contributed by atoms with Crippen molar-refractivity contribution in [2.75, 3.05) is 0 Å². The summed E-state index contributed by atoms with van der Waals surface area (Å²) in [5.74, 6) is -0.138. The van der Waals surface area contributed by atoms with Crippen LogP contribution in [0.3, 0.4) is 0 Å². The van der Waals surface area contributed by atoms with Crippen molar-refractivity contribution in [3.63, 3.8) is 0 Å². The van der Waals surface area contributed by atoms with E-state index >= 15 is 0 Å². The van der Waals surface area contributed by atoms with Crippen molar-refractivity contribution in [2.45, 2.75) is 13.5 Å². The maximum Gasteiger partial charge on any atom is 0.283 e. The molecule has 0 saturated carbocycles. The van der Waals surface area contributed by atoms with Gasteiger partial charge in [-0.25, -0.2) is 0 Å². The number of hydrogen-bond donors (Lipinski definition) is 0. The molecular formula is C25H19BrN2O3. The lowest BCUT2D eigenvalue weighted by Gasteiger charge is -2.09. The van der Waals surface area contributed by atoms with E-state index < -0.39 is 11.8 Å². The SMILES string of the molecule is CC1=NN(C(=O)c2ccccc2)C(=O)/C1=C/c1ccc(OCc2ccc(Br)cc2)cc1. The van der Waals surface area contributed by atoms with Crippen molar-refractivity contribution in [3.05, 3.63) is 106 Å². The summed E-state index contributed by atoms with van der Waals surface area (Å²) < 4.78 is 6.84. The Balaban J connectivity index is 1.44. The molecule has 6 heteroatoms. The molecule has 1 heterocycles. The molecule has 0 spiro atoms. The average molecular weight is 475 g/mol. The van der Waals surface area contributed by atoms with Gasteiger partial charge in [-0.15, -0.1) is 0 Å². The Morgan fingerprint density at radius 2 is 1.68 bits per heavy atom. The number of carbonyl (C=O) groups excluding carboxylic acids is 2. The van der Waals surface area contributed by atoms with Crippen LogP contribution in [0.15, 0.2) is 94.0 Å². The van der Waals surface area contributed by atoms with Crippen LogP contribution in [-0.2, 0) is 11.4 Å². The van der Waals surface area contributed by atoms with Gasteiger partial charge in [-0.3, -0.25) is 9.59 Å². The maximum absolute atomic E-state index is 12.8. The second-order valence-electron chi connectivity index (χ2n) is 7.02. The normalized spacial score (nSPS) is 14.6. The van der Waals surface area contributed by atoms with Crippen molar-refractivity contribution in [1.29, 1.82) is 0 Å². The van der Waals surface area contributed by atoms with E-state index in [0.717, 1.165) is 26.4 Å². The van der Waals surface area contributed by atoms with E-state index in [-0.39, 0.29) is 0 Å². The van der Waals surface area contributed by atoms with Crippen molar-refractivity contribution in [1.82, 2.24) is 5.01 Å². The van der Waals surface area contributed by atoms with Crippen LogP contribution in [0.25, 0.3) is 6.08 Å². The highest BCUT2D eigenvalue weighted by atomic mass is 79.9. The number of ether oxygens (including phenoxy) is 1. The van der Waals surface area contributed by atoms with Crippen LogP contribution in [0.2, 0.25) is 0 Å². The Labute approximate surface area is 188 Å². The van der Waals surface area contributed by atoms with E-state index in [0.29, 0.717) is 23.5 Å². The number of imide groups is 1. The van der Waals surface area contributed by atoms with Crippen LogP contribution in [0, 0.1) is 0 Å². The minimum Gasteiger partial charge on any atom is -0.489 e. The van der Waals surface area contributed by atoms with Crippen LogP contribution < -0.4 is 4.74 Å². The quantitative estimate of drug-likeness (QED) is 0.363. The third kappa shape index (κ3) is 4.81. The van der Waals surface area contributed by atoms with E-state index in [1.807, 2.05) is 54.6 Å². The first-order valence-corrected chi connectivity index (χ1v) is 10.5. The molecule has 4 rings (SSSR count). The van der Waals surface area contributed by atoms with Crippen molar-refractivity contribution in [2.24, 2.45) is 5.10 Å². The zero-order valence-electron chi connectivity index (χ0n) is 16.8. The van der Waals surface area contributed by atoms with Crippen LogP contribution in [0.5, 0.6) is 5.75 Å². The Kier molecular flexibility index (Phi) is 6.09. The number of halogens is 1. The summed E-state index contributed by atoms with van der Waals surface area (Å²) in [5, 5.41) is 5.09. The van der Waals surface area contributed by atoms with Gasteiger partial charge in [0.2, 0.25) is 0 Å². The molecule has 0 aliphatic carbocycles. The van der Waals surface area contributed by atoms with E-state index in [4.69, 9.17) is 4.74 Å². The van der Waals surface area contributed by atoms with E-state index in [1.54, 1.807) is 37.3 Å². The van der Waals surface area contributed by atoms with E-state index in [9.17, 15) is 9.59 Å². The summed E-state index contributed by atoms with van der Waals surface area (Å²) in [4.78, 5) is 25.4. The summed E-state index contributed by atoms with van der Waals surface area (Å²) in [6, 6.07) is 24.0. The van der Waals surface area contributed by atoms with Crippen LogP contribution in [0.4, 0.5) is 0 Å². The summed E-state index contributed by atoms with van der Waals surface area (Å²) >= 11 is 3.42. The molecule has 1 aliphatic rings. The first-order valence-electron chi connectivity index (χ1n) is 9.70. The molecule has 0 bridgehead atoms. The monoisotopic (exact) mass is 474 g/mol. The topological polar surface area (TPSA) is 59.0 Å². The number of amides is 2. The number of rotatable bonds is 5. The third-order valence-electron chi connectivity index (χ3n) is 4.79. The molecule has 3 aromatic rings. The van der Waals surface area contributed by atoms with Gasteiger partial charge in [-0.05, 0) is 60.5 Å². The number of benzene rings is 3. The largest absolute Gasteiger partial charge is 0.489 e. The smallest absolute Gasteiger partial charge is 0.283 e. The predicted octanol–water partition coefficient (Wildman–Crippen LogP) is 5.47. The van der Waals surface area contributed by atoms with Gasteiger partial charge < -0.3 is 4.74 Å². The van der Waals surface area contributed by atoms with Gasteiger partial charge in [0.05, 0.1) is 11.3 Å². The van der Waals surface area contributed by atoms with Gasteiger partial charge in [0.15, 0.2) is 0 Å². The first kappa shape index (κ1) is 20.8. The maximum atomic E-state index is 12.8. The average Bonchev–Trinajstić information content (AvgIpc) is 3.08. The van der Waals surface area contributed by atoms with Crippen LogP contribution in [0.1, 0.15) is 28.4 Å². The van der Waals surface area contributed by atoms with Crippen molar-refractivity contribution >= 4 is 39.5 Å². The highest BCUT2D eigenvalue weighted by Crippen LogP contribution is 2.22. The van der Waals surface area contributed by atoms with Crippen molar-refractivity contribution < 1.29 is 14.3 Å². The second kappa shape index (κ2) is 9.10. The Morgan fingerprint density at radius 3 is 2.35 bits per heavy atom. The molecular weight excluding hydrogens is 456 g/mol. The summed E-state index contributed by atoms with van der Waals surface area (Å²) in [6.45, 7) is 2.19. The second-order valence-corrected chi connectivity index (χ2v) is 7.93.